The van der Waals surface area contributed by atoms with Crippen molar-refractivity contribution < 1.29 is 0 Å². The minimum Gasteiger partial charge on any atom is -0.378 e. The van der Waals surface area contributed by atoms with Crippen molar-refractivity contribution in [1.82, 2.24) is 15.1 Å². The average Bonchev–Trinajstić information content (AvgIpc) is 2.86. The molecule has 1 aromatic heterocycles. The van der Waals surface area contributed by atoms with E-state index in [9.17, 15) is 0 Å². The Morgan fingerprint density at radius 2 is 1.90 bits per heavy atom. The zero-order valence-corrected chi connectivity index (χ0v) is 14.7. The van der Waals surface area contributed by atoms with Crippen LogP contribution >= 0.6 is 15.9 Å². The van der Waals surface area contributed by atoms with Gasteiger partial charge in [0.05, 0.1) is 22.4 Å². The Bertz CT molecular complexity index is 574. The molecule has 0 spiro atoms. The normalized spacial score (nSPS) is 12.4. The molecule has 114 valence electrons. The molecule has 0 radical (unpaired) electrons. The SMILES string of the molecule is CCNC(c1ccc(N(C)C)cc1)c1c(Br)cnn1CC. The lowest BCUT2D eigenvalue weighted by Crippen LogP contribution is -2.25. The Labute approximate surface area is 135 Å². The van der Waals surface area contributed by atoms with Gasteiger partial charge in [-0.1, -0.05) is 19.1 Å². The number of aryl methyl sites for hydroxylation is 1. The molecule has 21 heavy (non-hydrogen) atoms. The first-order chi connectivity index (χ1) is 10.1. The van der Waals surface area contributed by atoms with Crippen LogP contribution in [0.25, 0.3) is 0 Å². The number of hydrogen-bond acceptors (Lipinski definition) is 3. The van der Waals surface area contributed by atoms with Gasteiger partial charge < -0.3 is 10.2 Å². The predicted octanol–water partition coefficient (Wildman–Crippen LogP) is 3.43. The van der Waals surface area contributed by atoms with E-state index in [-0.39, 0.29) is 6.04 Å². The van der Waals surface area contributed by atoms with Crippen LogP contribution in [0.5, 0.6) is 0 Å². The van der Waals surface area contributed by atoms with Gasteiger partial charge in [-0.2, -0.15) is 5.10 Å². The van der Waals surface area contributed by atoms with E-state index in [0.29, 0.717) is 0 Å². The molecule has 0 amide bonds. The first-order valence-electron chi connectivity index (χ1n) is 7.30. The van der Waals surface area contributed by atoms with E-state index in [1.165, 1.54) is 16.9 Å². The molecule has 0 saturated carbocycles. The Hall–Kier alpha value is -1.33. The third-order valence-corrected chi connectivity index (χ3v) is 4.17. The quantitative estimate of drug-likeness (QED) is 0.866. The molecule has 0 aliphatic heterocycles. The van der Waals surface area contributed by atoms with E-state index >= 15 is 0 Å². The monoisotopic (exact) mass is 350 g/mol. The summed E-state index contributed by atoms with van der Waals surface area (Å²) in [7, 11) is 4.11. The minimum absolute atomic E-state index is 0.142. The van der Waals surface area contributed by atoms with Crippen molar-refractivity contribution in [2.24, 2.45) is 0 Å². The number of benzene rings is 1. The number of anilines is 1. The summed E-state index contributed by atoms with van der Waals surface area (Å²) in [4.78, 5) is 2.11. The summed E-state index contributed by atoms with van der Waals surface area (Å²) in [5, 5.41) is 7.99. The smallest absolute Gasteiger partial charge is 0.0759 e. The molecular formula is C16H23BrN4. The second-order valence-corrected chi connectivity index (χ2v) is 6.02. The maximum atomic E-state index is 4.43. The molecule has 4 nitrogen and oxygen atoms in total. The lowest BCUT2D eigenvalue weighted by molar-refractivity contribution is 0.541. The minimum atomic E-state index is 0.142. The molecule has 1 atom stereocenters. The van der Waals surface area contributed by atoms with Gasteiger partial charge in [-0.05, 0) is 47.1 Å². The highest BCUT2D eigenvalue weighted by Gasteiger charge is 2.20. The summed E-state index contributed by atoms with van der Waals surface area (Å²) >= 11 is 3.63. The number of hydrogen-bond donors (Lipinski definition) is 1. The van der Waals surface area contributed by atoms with E-state index in [2.05, 4.69) is 83.5 Å². The van der Waals surface area contributed by atoms with Crippen molar-refractivity contribution in [2.45, 2.75) is 26.4 Å². The number of nitrogens with zero attached hydrogens (tertiary/aromatic N) is 3. The molecule has 1 N–H and O–H groups in total. The fourth-order valence-corrected chi connectivity index (χ4v) is 2.98. The van der Waals surface area contributed by atoms with Crippen molar-refractivity contribution >= 4 is 21.6 Å². The third-order valence-electron chi connectivity index (χ3n) is 3.56. The summed E-state index contributed by atoms with van der Waals surface area (Å²) in [6.07, 6.45) is 1.87. The molecule has 2 rings (SSSR count). The summed E-state index contributed by atoms with van der Waals surface area (Å²) < 4.78 is 3.09. The Morgan fingerprint density at radius 3 is 2.43 bits per heavy atom. The fourth-order valence-electron chi connectivity index (χ4n) is 2.45. The van der Waals surface area contributed by atoms with Crippen LogP contribution < -0.4 is 10.2 Å². The van der Waals surface area contributed by atoms with Crippen molar-refractivity contribution in [2.75, 3.05) is 25.5 Å². The first-order valence-corrected chi connectivity index (χ1v) is 8.09. The van der Waals surface area contributed by atoms with E-state index in [0.717, 1.165) is 17.6 Å². The van der Waals surface area contributed by atoms with Gasteiger partial charge in [0, 0.05) is 26.3 Å². The largest absolute Gasteiger partial charge is 0.378 e. The Balaban J connectivity index is 2.40. The highest BCUT2D eigenvalue weighted by Crippen LogP contribution is 2.29. The van der Waals surface area contributed by atoms with Gasteiger partial charge in [0.15, 0.2) is 0 Å². The number of rotatable bonds is 6. The summed E-state index contributed by atoms with van der Waals surface area (Å²) in [6, 6.07) is 8.81. The third kappa shape index (κ3) is 3.47. The summed E-state index contributed by atoms with van der Waals surface area (Å²) in [6.45, 7) is 6.00. The first kappa shape index (κ1) is 16.0. The number of nitrogens with one attached hydrogen (secondary N) is 1. The van der Waals surface area contributed by atoms with Crippen LogP contribution in [0.2, 0.25) is 0 Å². The second-order valence-electron chi connectivity index (χ2n) is 5.17. The van der Waals surface area contributed by atoms with Crippen molar-refractivity contribution in [3.05, 3.63) is 46.2 Å². The van der Waals surface area contributed by atoms with Crippen LogP contribution in [0, 0.1) is 0 Å². The second kappa shape index (κ2) is 7.09. The van der Waals surface area contributed by atoms with Crippen LogP contribution in [0.15, 0.2) is 34.9 Å². The maximum Gasteiger partial charge on any atom is 0.0759 e. The van der Waals surface area contributed by atoms with Crippen molar-refractivity contribution in [1.29, 1.82) is 0 Å². The molecule has 1 unspecified atom stereocenters. The summed E-state index contributed by atoms with van der Waals surface area (Å²) in [5.74, 6) is 0. The van der Waals surface area contributed by atoms with Gasteiger partial charge in [-0.3, -0.25) is 4.68 Å². The van der Waals surface area contributed by atoms with E-state index in [4.69, 9.17) is 0 Å². The molecule has 0 bridgehead atoms. The van der Waals surface area contributed by atoms with E-state index < -0.39 is 0 Å². The Morgan fingerprint density at radius 1 is 1.24 bits per heavy atom. The molecule has 0 aliphatic carbocycles. The molecule has 1 aromatic carbocycles. The molecular weight excluding hydrogens is 328 g/mol. The van der Waals surface area contributed by atoms with Crippen LogP contribution in [0.4, 0.5) is 5.69 Å². The van der Waals surface area contributed by atoms with Crippen molar-refractivity contribution in [3.8, 4) is 0 Å². The molecule has 0 aliphatic rings. The van der Waals surface area contributed by atoms with Crippen LogP contribution in [0.1, 0.15) is 31.1 Å². The predicted molar refractivity (Wildman–Crippen MR) is 91.9 cm³/mol. The van der Waals surface area contributed by atoms with E-state index in [1.807, 2.05) is 10.9 Å². The fraction of sp³-hybridized carbons (Fsp3) is 0.438. The topological polar surface area (TPSA) is 33.1 Å². The maximum absolute atomic E-state index is 4.43. The highest BCUT2D eigenvalue weighted by atomic mass is 79.9. The van der Waals surface area contributed by atoms with Crippen LogP contribution in [0.3, 0.4) is 0 Å². The van der Waals surface area contributed by atoms with Gasteiger partial charge in [-0.15, -0.1) is 0 Å². The average molecular weight is 351 g/mol. The number of aromatic nitrogens is 2. The van der Waals surface area contributed by atoms with E-state index in [1.54, 1.807) is 0 Å². The molecule has 0 fully saturated rings. The van der Waals surface area contributed by atoms with Gasteiger partial charge in [-0.25, -0.2) is 0 Å². The van der Waals surface area contributed by atoms with Gasteiger partial charge in [0.1, 0.15) is 0 Å². The van der Waals surface area contributed by atoms with Gasteiger partial charge >= 0.3 is 0 Å². The molecule has 0 saturated heterocycles. The molecule has 1 heterocycles. The zero-order chi connectivity index (χ0) is 15.4. The molecule has 2 aromatic rings. The van der Waals surface area contributed by atoms with Gasteiger partial charge in [0.2, 0.25) is 0 Å². The number of halogens is 1. The van der Waals surface area contributed by atoms with Crippen LogP contribution in [-0.2, 0) is 6.54 Å². The molecule has 5 heteroatoms. The Kier molecular flexibility index (Phi) is 5.42. The van der Waals surface area contributed by atoms with Crippen LogP contribution in [-0.4, -0.2) is 30.4 Å². The zero-order valence-electron chi connectivity index (χ0n) is 13.1. The summed E-state index contributed by atoms with van der Waals surface area (Å²) in [5.41, 5.74) is 3.63. The van der Waals surface area contributed by atoms with Crippen molar-refractivity contribution in [3.63, 3.8) is 0 Å². The lowest BCUT2D eigenvalue weighted by atomic mass is 10.0. The standard InChI is InChI=1S/C16H23BrN4/c1-5-18-15(16-14(17)11-19-21(16)6-2)12-7-9-13(10-8-12)20(3)4/h7-11,15,18H,5-6H2,1-4H3. The highest BCUT2D eigenvalue weighted by molar-refractivity contribution is 9.10. The van der Waals surface area contributed by atoms with Gasteiger partial charge in [0.25, 0.3) is 0 Å². The lowest BCUT2D eigenvalue weighted by Gasteiger charge is -2.21.